The zero-order valence-corrected chi connectivity index (χ0v) is 9.31. The largest absolute Gasteiger partial charge is 0.476 e. The number of aldehydes is 1. The second kappa shape index (κ2) is 4.40. The topological polar surface area (TPSA) is 80.4 Å². The van der Waals surface area contributed by atoms with Gasteiger partial charge in [0.05, 0.1) is 0 Å². The summed E-state index contributed by atoms with van der Waals surface area (Å²) in [6.45, 7) is 1.53. The lowest BCUT2D eigenvalue weighted by Crippen LogP contribution is -1.95. The van der Waals surface area contributed by atoms with E-state index in [2.05, 4.69) is 5.16 Å². The Morgan fingerprint density at radius 2 is 2.17 bits per heavy atom. The van der Waals surface area contributed by atoms with Crippen molar-refractivity contribution < 1.29 is 23.6 Å². The van der Waals surface area contributed by atoms with E-state index in [4.69, 9.17) is 9.63 Å². The minimum absolute atomic E-state index is 0.0752. The molecule has 1 aromatic carbocycles. The average molecular weight is 249 g/mol. The van der Waals surface area contributed by atoms with E-state index in [-0.39, 0.29) is 17.0 Å². The molecule has 1 N–H and O–H groups in total. The summed E-state index contributed by atoms with van der Waals surface area (Å²) in [5.74, 6) is -1.65. The summed E-state index contributed by atoms with van der Waals surface area (Å²) in [6.07, 6.45) is 0.473. The van der Waals surface area contributed by atoms with Crippen molar-refractivity contribution in [2.45, 2.75) is 6.92 Å². The van der Waals surface area contributed by atoms with Gasteiger partial charge in [-0.15, -0.1) is 0 Å². The minimum atomic E-state index is -1.24. The Labute approximate surface area is 101 Å². The molecule has 0 aliphatic heterocycles. The number of halogens is 1. The van der Waals surface area contributed by atoms with Gasteiger partial charge in [0.25, 0.3) is 0 Å². The maximum Gasteiger partial charge on any atom is 0.358 e. The van der Waals surface area contributed by atoms with Crippen LogP contribution in [0.1, 0.15) is 26.4 Å². The Balaban J connectivity index is 2.58. The fraction of sp³-hybridized carbons (Fsp3) is 0.0833. The van der Waals surface area contributed by atoms with Crippen LogP contribution in [0.25, 0.3) is 11.3 Å². The number of benzene rings is 1. The Hall–Kier alpha value is -2.50. The van der Waals surface area contributed by atoms with E-state index >= 15 is 0 Å². The lowest BCUT2D eigenvalue weighted by Gasteiger charge is -2.03. The van der Waals surface area contributed by atoms with E-state index in [0.717, 1.165) is 6.07 Å². The van der Waals surface area contributed by atoms with Gasteiger partial charge in [-0.05, 0) is 24.6 Å². The van der Waals surface area contributed by atoms with E-state index < -0.39 is 11.8 Å². The highest BCUT2D eigenvalue weighted by molar-refractivity contribution is 5.89. The molecule has 1 heterocycles. The molecular formula is C12H8FNO4. The molecule has 2 aromatic rings. The predicted molar refractivity (Wildman–Crippen MR) is 59.0 cm³/mol. The molecule has 0 bridgehead atoms. The first kappa shape index (κ1) is 12.0. The molecule has 1 aromatic heterocycles. The molecule has 5 nitrogen and oxygen atoms in total. The number of nitrogens with zero attached hydrogens (tertiary/aromatic N) is 1. The van der Waals surface area contributed by atoms with Crippen molar-refractivity contribution in [3.63, 3.8) is 0 Å². The van der Waals surface area contributed by atoms with Crippen LogP contribution >= 0.6 is 0 Å². The zero-order chi connectivity index (χ0) is 13.3. The first-order chi connectivity index (χ1) is 8.52. The number of rotatable bonds is 3. The van der Waals surface area contributed by atoms with Crippen molar-refractivity contribution in [2.75, 3.05) is 0 Å². The number of carboxylic acid groups (broad SMARTS) is 1. The normalized spacial score (nSPS) is 10.3. The number of aryl methyl sites for hydroxylation is 1. The first-order valence-electron chi connectivity index (χ1n) is 4.98. The van der Waals surface area contributed by atoms with Crippen LogP contribution in [0.5, 0.6) is 0 Å². The van der Waals surface area contributed by atoms with Gasteiger partial charge < -0.3 is 9.63 Å². The van der Waals surface area contributed by atoms with E-state index in [0.29, 0.717) is 17.4 Å². The maximum atomic E-state index is 13.3. The molecule has 6 heteroatoms. The predicted octanol–water partition coefficient (Wildman–Crippen LogP) is 2.30. The van der Waals surface area contributed by atoms with Gasteiger partial charge in [-0.3, -0.25) is 4.79 Å². The van der Waals surface area contributed by atoms with Crippen LogP contribution in [0.2, 0.25) is 0 Å². The van der Waals surface area contributed by atoms with Gasteiger partial charge in [0, 0.05) is 17.2 Å². The Morgan fingerprint density at radius 1 is 1.44 bits per heavy atom. The van der Waals surface area contributed by atoms with Crippen molar-refractivity contribution >= 4 is 12.3 Å². The van der Waals surface area contributed by atoms with Crippen LogP contribution in [0, 0.1) is 12.7 Å². The number of carboxylic acids is 1. The molecule has 18 heavy (non-hydrogen) atoms. The minimum Gasteiger partial charge on any atom is -0.476 e. The lowest BCUT2D eigenvalue weighted by atomic mass is 10.0. The fourth-order valence-electron chi connectivity index (χ4n) is 1.51. The number of hydrogen-bond acceptors (Lipinski definition) is 4. The average Bonchev–Trinajstić information content (AvgIpc) is 2.81. The SMILES string of the molecule is Cc1cc(-c2cc(C(=O)O)no2)c(C=O)cc1F. The Kier molecular flexibility index (Phi) is 2.93. The third-order valence-corrected chi connectivity index (χ3v) is 2.45. The van der Waals surface area contributed by atoms with Crippen LogP contribution in [0.3, 0.4) is 0 Å². The molecule has 0 saturated heterocycles. The van der Waals surface area contributed by atoms with Gasteiger partial charge in [0.2, 0.25) is 0 Å². The van der Waals surface area contributed by atoms with E-state index in [1.807, 2.05) is 0 Å². The van der Waals surface area contributed by atoms with Gasteiger partial charge in [-0.2, -0.15) is 0 Å². The molecule has 0 amide bonds. The third kappa shape index (κ3) is 2.00. The molecule has 0 unspecified atom stereocenters. The van der Waals surface area contributed by atoms with E-state index in [1.165, 1.54) is 19.1 Å². The number of aromatic carboxylic acids is 1. The van der Waals surface area contributed by atoms with Crippen molar-refractivity contribution in [1.82, 2.24) is 5.16 Å². The molecule has 0 fully saturated rings. The van der Waals surface area contributed by atoms with Crippen molar-refractivity contribution in [1.29, 1.82) is 0 Å². The Bertz CT molecular complexity index is 633. The summed E-state index contributed by atoms with van der Waals surface area (Å²) in [4.78, 5) is 21.5. The van der Waals surface area contributed by atoms with Gasteiger partial charge in [-0.1, -0.05) is 5.16 Å². The fourth-order valence-corrected chi connectivity index (χ4v) is 1.51. The number of carbonyl (C=O) groups is 2. The smallest absolute Gasteiger partial charge is 0.358 e. The van der Waals surface area contributed by atoms with E-state index in [1.54, 1.807) is 0 Å². The summed E-state index contributed by atoms with van der Waals surface area (Å²) in [5.41, 5.74) is 0.433. The van der Waals surface area contributed by atoms with Crippen LogP contribution in [-0.2, 0) is 0 Å². The molecule has 0 spiro atoms. The summed E-state index contributed by atoms with van der Waals surface area (Å²) >= 11 is 0. The molecule has 0 atom stereocenters. The van der Waals surface area contributed by atoms with Gasteiger partial charge in [-0.25, -0.2) is 9.18 Å². The van der Waals surface area contributed by atoms with Crippen molar-refractivity contribution in [2.24, 2.45) is 0 Å². The summed E-state index contributed by atoms with van der Waals surface area (Å²) < 4.78 is 18.1. The second-order valence-electron chi connectivity index (χ2n) is 3.69. The highest BCUT2D eigenvalue weighted by atomic mass is 19.1. The second-order valence-corrected chi connectivity index (χ2v) is 3.69. The van der Waals surface area contributed by atoms with Crippen LogP contribution in [0.15, 0.2) is 22.7 Å². The van der Waals surface area contributed by atoms with Crippen LogP contribution in [-0.4, -0.2) is 22.5 Å². The molecule has 0 aliphatic carbocycles. The quantitative estimate of drug-likeness (QED) is 0.844. The Morgan fingerprint density at radius 3 is 2.72 bits per heavy atom. The van der Waals surface area contributed by atoms with Crippen molar-refractivity contribution in [3.8, 4) is 11.3 Å². The van der Waals surface area contributed by atoms with Gasteiger partial charge >= 0.3 is 5.97 Å². The lowest BCUT2D eigenvalue weighted by molar-refractivity contribution is 0.0685. The van der Waals surface area contributed by atoms with Crippen LogP contribution in [0.4, 0.5) is 4.39 Å². The molecule has 0 radical (unpaired) electrons. The number of aromatic nitrogens is 1. The van der Waals surface area contributed by atoms with Gasteiger partial charge in [0.15, 0.2) is 17.7 Å². The molecular weight excluding hydrogens is 241 g/mol. The zero-order valence-electron chi connectivity index (χ0n) is 9.31. The molecule has 0 aliphatic rings. The molecule has 2 rings (SSSR count). The highest BCUT2D eigenvalue weighted by Gasteiger charge is 2.16. The highest BCUT2D eigenvalue weighted by Crippen LogP contribution is 2.26. The number of hydrogen-bond donors (Lipinski definition) is 1. The summed E-state index contributed by atoms with van der Waals surface area (Å²) in [5, 5.41) is 12.1. The summed E-state index contributed by atoms with van der Waals surface area (Å²) in [6, 6.07) is 3.66. The monoisotopic (exact) mass is 249 g/mol. The first-order valence-corrected chi connectivity index (χ1v) is 4.98. The van der Waals surface area contributed by atoms with E-state index in [9.17, 15) is 14.0 Å². The maximum absolute atomic E-state index is 13.3. The van der Waals surface area contributed by atoms with Crippen molar-refractivity contribution in [3.05, 3.63) is 40.8 Å². The van der Waals surface area contributed by atoms with Gasteiger partial charge in [0.1, 0.15) is 5.82 Å². The standard InChI is InChI=1S/C12H8FNO4/c1-6-2-8(7(5-15)3-9(6)13)11-4-10(12(16)17)14-18-11/h2-5H,1H3,(H,16,17). The molecule has 0 saturated carbocycles. The molecule has 92 valence electrons. The third-order valence-electron chi connectivity index (χ3n) is 2.45. The number of carbonyl (C=O) groups excluding carboxylic acids is 1. The summed E-state index contributed by atoms with van der Waals surface area (Å²) in [7, 11) is 0. The van der Waals surface area contributed by atoms with Crippen LogP contribution < -0.4 is 0 Å².